The molecule has 0 bridgehead atoms. The summed E-state index contributed by atoms with van der Waals surface area (Å²) in [5, 5.41) is 22.4. The van der Waals surface area contributed by atoms with Gasteiger partial charge in [-0.2, -0.15) is 0 Å². The molecular weight excluding hydrogens is 380 g/mol. The number of hydrogen-bond acceptors (Lipinski definition) is 7. The van der Waals surface area contributed by atoms with E-state index in [1.807, 2.05) is 19.9 Å². The van der Waals surface area contributed by atoms with Crippen molar-refractivity contribution >= 4 is 46.4 Å². The first-order chi connectivity index (χ1) is 12.3. The SMILES string of the molecule is Cc1cc(C)n2c(SCC(=O)Nc3cc(Cl)ccc3[N+](=O)[O-])nnc2n1. The van der Waals surface area contributed by atoms with Gasteiger partial charge in [-0.1, -0.05) is 23.4 Å². The van der Waals surface area contributed by atoms with Gasteiger partial charge in [-0.25, -0.2) is 4.98 Å². The molecule has 1 aromatic carbocycles. The first-order valence-corrected chi connectivity index (χ1v) is 8.77. The van der Waals surface area contributed by atoms with Gasteiger partial charge in [0.25, 0.3) is 11.5 Å². The molecule has 0 aliphatic heterocycles. The number of nitrogens with zero attached hydrogens (tertiary/aromatic N) is 5. The van der Waals surface area contributed by atoms with Crippen molar-refractivity contribution in [1.82, 2.24) is 19.6 Å². The molecule has 3 aromatic rings. The predicted octanol–water partition coefficient (Wildman–Crippen LogP) is 3.03. The number of nitro benzene ring substituents is 1. The summed E-state index contributed by atoms with van der Waals surface area (Å²) in [6.45, 7) is 3.75. The molecule has 0 atom stereocenters. The number of aryl methyl sites for hydroxylation is 2. The van der Waals surface area contributed by atoms with Crippen LogP contribution in [0.2, 0.25) is 5.02 Å². The van der Waals surface area contributed by atoms with E-state index in [9.17, 15) is 14.9 Å². The van der Waals surface area contributed by atoms with Gasteiger partial charge in [-0.15, -0.1) is 10.2 Å². The lowest BCUT2D eigenvalue weighted by atomic mass is 10.2. The summed E-state index contributed by atoms with van der Waals surface area (Å²) in [4.78, 5) is 26.9. The molecule has 26 heavy (non-hydrogen) atoms. The van der Waals surface area contributed by atoms with Gasteiger partial charge < -0.3 is 5.32 Å². The highest BCUT2D eigenvalue weighted by Crippen LogP contribution is 2.28. The number of halogens is 1. The Morgan fingerprint density at radius 3 is 2.85 bits per heavy atom. The van der Waals surface area contributed by atoms with Gasteiger partial charge in [0.2, 0.25) is 5.91 Å². The van der Waals surface area contributed by atoms with E-state index >= 15 is 0 Å². The quantitative estimate of drug-likeness (QED) is 0.403. The molecular formula is C15H13ClN6O3S. The van der Waals surface area contributed by atoms with Crippen molar-refractivity contribution in [2.75, 3.05) is 11.1 Å². The smallest absolute Gasteiger partial charge is 0.292 e. The van der Waals surface area contributed by atoms with E-state index in [0.717, 1.165) is 23.1 Å². The molecule has 0 saturated heterocycles. The van der Waals surface area contributed by atoms with E-state index in [4.69, 9.17) is 11.6 Å². The lowest BCUT2D eigenvalue weighted by molar-refractivity contribution is -0.383. The summed E-state index contributed by atoms with van der Waals surface area (Å²) in [5.74, 6) is 0.0309. The van der Waals surface area contributed by atoms with Crippen LogP contribution < -0.4 is 5.32 Å². The number of carbonyl (C=O) groups excluding carboxylic acids is 1. The summed E-state index contributed by atoms with van der Waals surface area (Å²) in [5.41, 5.74) is 1.54. The van der Waals surface area contributed by atoms with Crippen LogP contribution in [-0.4, -0.2) is 36.2 Å². The number of amides is 1. The van der Waals surface area contributed by atoms with Crippen molar-refractivity contribution in [3.05, 3.63) is 50.8 Å². The van der Waals surface area contributed by atoms with Gasteiger partial charge in [0.15, 0.2) is 5.16 Å². The summed E-state index contributed by atoms with van der Waals surface area (Å²) < 4.78 is 1.74. The average Bonchev–Trinajstić information content (AvgIpc) is 2.95. The number of hydrogen-bond donors (Lipinski definition) is 1. The number of aromatic nitrogens is 4. The molecule has 2 heterocycles. The standard InChI is InChI=1S/C15H13ClN6O3S/c1-8-5-9(2)21-14(17-8)19-20-15(21)26-7-13(23)18-11-6-10(16)3-4-12(11)22(24)25/h3-6H,7H2,1-2H3,(H,18,23). The number of anilines is 1. The van der Waals surface area contributed by atoms with Gasteiger partial charge in [0, 0.05) is 22.5 Å². The predicted molar refractivity (Wildman–Crippen MR) is 97.7 cm³/mol. The van der Waals surface area contributed by atoms with Crippen LogP contribution in [0.25, 0.3) is 5.78 Å². The van der Waals surface area contributed by atoms with Crippen molar-refractivity contribution in [3.8, 4) is 0 Å². The fourth-order valence-corrected chi connectivity index (χ4v) is 3.34. The number of carbonyl (C=O) groups is 1. The van der Waals surface area contributed by atoms with Crippen LogP contribution in [0.1, 0.15) is 11.4 Å². The monoisotopic (exact) mass is 392 g/mol. The third-order valence-corrected chi connectivity index (χ3v) is 4.59. The molecule has 0 fully saturated rings. The number of benzene rings is 1. The molecule has 0 aliphatic rings. The third-order valence-electron chi connectivity index (χ3n) is 3.42. The minimum absolute atomic E-state index is 0.00220. The van der Waals surface area contributed by atoms with Crippen molar-refractivity contribution < 1.29 is 9.72 Å². The third kappa shape index (κ3) is 3.75. The van der Waals surface area contributed by atoms with Crippen LogP contribution in [0, 0.1) is 24.0 Å². The maximum absolute atomic E-state index is 12.2. The minimum Gasteiger partial charge on any atom is -0.320 e. The minimum atomic E-state index is -0.581. The highest BCUT2D eigenvalue weighted by molar-refractivity contribution is 7.99. The molecule has 9 nitrogen and oxygen atoms in total. The highest BCUT2D eigenvalue weighted by Gasteiger charge is 2.17. The fourth-order valence-electron chi connectivity index (χ4n) is 2.38. The molecule has 1 amide bonds. The van der Waals surface area contributed by atoms with Crippen LogP contribution in [0.3, 0.4) is 0 Å². The molecule has 1 N–H and O–H groups in total. The molecule has 134 valence electrons. The van der Waals surface area contributed by atoms with Gasteiger partial charge in [0.1, 0.15) is 5.69 Å². The second-order valence-corrected chi connectivity index (χ2v) is 6.79. The van der Waals surface area contributed by atoms with Crippen LogP contribution in [0.15, 0.2) is 29.4 Å². The van der Waals surface area contributed by atoms with Crippen LogP contribution in [-0.2, 0) is 4.79 Å². The van der Waals surface area contributed by atoms with E-state index in [0.29, 0.717) is 16.0 Å². The number of nitro groups is 1. The lowest BCUT2D eigenvalue weighted by Gasteiger charge is -2.07. The van der Waals surface area contributed by atoms with Crippen LogP contribution >= 0.6 is 23.4 Å². The van der Waals surface area contributed by atoms with Gasteiger partial charge in [-0.05, 0) is 32.0 Å². The summed E-state index contributed by atoms with van der Waals surface area (Å²) in [7, 11) is 0. The summed E-state index contributed by atoms with van der Waals surface area (Å²) in [6.07, 6.45) is 0. The average molecular weight is 393 g/mol. The molecule has 0 spiro atoms. The van der Waals surface area contributed by atoms with Crippen LogP contribution in [0.5, 0.6) is 0 Å². The van der Waals surface area contributed by atoms with Crippen LogP contribution in [0.4, 0.5) is 11.4 Å². The zero-order valence-corrected chi connectivity index (χ0v) is 15.3. The Morgan fingerprint density at radius 1 is 1.35 bits per heavy atom. The topological polar surface area (TPSA) is 115 Å². The number of nitrogens with one attached hydrogen (secondary N) is 1. The normalized spacial score (nSPS) is 10.9. The first kappa shape index (κ1) is 18.1. The molecule has 0 saturated carbocycles. The zero-order chi connectivity index (χ0) is 18.8. The fraction of sp³-hybridized carbons (Fsp3) is 0.200. The Balaban J connectivity index is 1.75. The van der Waals surface area contributed by atoms with Crippen molar-refractivity contribution in [2.45, 2.75) is 19.0 Å². The Kier molecular flexibility index (Phi) is 5.05. The molecule has 11 heteroatoms. The molecule has 3 rings (SSSR count). The number of rotatable bonds is 5. The largest absolute Gasteiger partial charge is 0.320 e. The Bertz CT molecular complexity index is 1020. The van der Waals surface area contributed by atoms with Crippen molar-refractivity contribution in [2.24, 2.45) is 0 Å². The van der Waals surface area contributed by atoms with Gasteiger partial charge in [0.05, 0.1) is 10.7 Å². The maximum atomic E-state index is 12.2. The summed E-state index contributed by atoms with van der Waals surface area (Å²) >= 11 is 7.01. The lowest BCUT2D eigenvalue weighted by Crippen LogP contribution is -2.15. The molecule has 0 radical (unpaired) electrons. The van der Waals surface area contributed by atoms with E-state index < -0.39 is 10.8 Å². The van der Waals surface area contributed by atoms with E-state index in [-0.39, 0.29) is 17.1 Å². The maximum Gasteiger partial charge on any atom is 0.292 e. The van der Waals surface area contributed by atoms with Crippen molar-refractivity contribution in [1.29, 1.82) is 0 Å². The Morgan fingerprint density at radius 2 is 2.12 bits per heavy atom. The molecule has 0 aliphatic carbocycles. The summed E-state index contributed by atoms with van der Waals surface area (Å²) in [6, 6.07) is 5.86. The number of fused-ring (bicyclic) bond motifs is 1. The van der Waals surface area contributed by atoms with E-state index in [2.05, 4.69) is 20.5 Å². The molecule has 0 unspecified atom stereocenters. The number of thioether (sulfide) groups is 1. The Labute approximate surface area is 156 Å². The second kappa shape index (κ2) is 7.26. The van der Waals surface area contributed by atoms with E-state index in [1.54, 1.807) is 4.40 Å². The van der Waals surface area contributed by atoms with Gasteiger partial charge >= 0.3 is 0 Å². The van der Waals surface area contributed by atoms with Gasteiger partial charge in [-0.3, -0.25) is 19.3 Å². The van der Waals surface area contributed by atoms with E-state index in [1.165, 1.54) is 18.2 Å². The second-order valence-electron chi connectivity index (χ2n) is 5.41. The Hall–Kier alpha value is -2.72. The first-order valence-electron chi connectivity index (χ1n) is 7.41. The molecule has 2 aromatic heterocycles. The van der Waals surface area contributed by atoms with Crippen molar-refractivity contribution in [3.63, 3.8) is 0 Å². The zero-order valence-electron chi connectivity index (χ0n) is 13.8. The highest BCUT2D eigenvalue weighted by atomic mass is 35.5.